The van der Waals surface area contributed by atoms with Gasteiger partial charge in [-0.05, 0) is 37.5 Å². The molecule has 1 unspecified atom stereocenters. The number of aromatic nitrogens is 2. The van der Waals surface area contributed by atoms with Crippen LogP contribution in [-0.2, 0) is 13.0 Å². The van der Waals surface area contributed by atoms with Gasteiger partial charge >= 0.3 is 6.61 Å². The molecular formula is C16H21F2N3O. The van der Waals surface area contributed by atoms with Crippen LogP contribution in [0.5, 0.6) is 5.75 Å². The highest BCUT2D eigenvalue weighted by Crippen LogP contribution is 2.16. The Morgan fingerprint density at radius 3 is 2.68 bits per heavy atom. The van der Waals surface area contributed by atoms with Crippen LogP contribution in [0.4, 0.5) is 8.78 Å². The lowest BCUT2D eigenvalue weighted by atomic mass is 10.1. The first-order chi connectivity index (χ1) is 10.6. The molecule has 0 spiro atoms. The van der Waals surface area contributed by atoms with E-state index in [4.69, 9.17) is 0 Å². The minimum atomic E-state index is -2.77. The molecule has 0 aliphatic rings. The van der Waals surface area contributed by atoms with E-state index in [1.54, 1.807) is 24.7 Å². The van der Waals surface area contributed by atoms with Crippen LogP contribution in [-0.4, -0.2) is 28.7 Å². The number of alkyl halides is 2. The summed E-state index contributed by atoms with van der Waals surface area (Å²) in [5.74, 6) is 0.199. The Kier molecular flexibility index (Phi) is 6.33. The Morgan fingerprint density at radius 1 is 1.27 bits per heavy atom. The number of benzene rings is 1. The molecule has 4 nitrogen and oxygen atoms in total. The number of nitrogens with zero attached hydrogens (tertiary/aromatic N) is 2. The number of hydrogen-bond donors (Lipinski definition) is 1. The van der Waals surface area contributed by atoms with Gasteiger partial charge in [0.1, 0.15) is 5.75 Å². The summed E-state index contributed by atoms with van der Waals surface area (Å²) in [4.78, 5) is 4.00. The van der Waals surface area contributed by atoms with Crippen LogP contribution in [0.1, 0.15) is 18.9 Å². The number of aryl methyl sites for hydroxylation is 1. The first-order valence-electron chi connectivity index (χ1n) is 7.36. The topological polar surface area (TPSA) is 39.1 Å². The second-order valence-corrected chi connectivity index (χ2v) is 5.22. The predicted molar refractivity (Wildman–Crippen MR) is 81.1 cm³/mol. The fraction of sp³-hybridized carbons (Fsp3) is 0.438. The number of imidazole rings is 1. The van der Waals surface area contributed by atoms with Crippen molar-refractivity contribution in [3.8, 4) is 5.75 Å². The van der Waals surface area contributed by atoms with E-state index in [2.05, 4.69) is 22.0 Å². The molecule has 2 aromatic rings. The molecule has 0 aliphatic carbocycles. The minimum Gasteiger partial charge on any atom is -0.435 e. The van der Waals surface area contributed by atoms with E-state index in [1.807, 2.05) is 22.9 Å². The Morgan fingerprint density at radius 2 is 2.05 bits per heavy atom. The summed E-state index contributed by atoms with van der Waals surface area (Å²) < 4.78 is 30.5. The van der Waals surface area contributed by atoms with Crippen molar-refractivity contribution in [3.63, 3.8) is 0 Å². The van der Waals surface area contributed by atoms with Crippen molar-refractivity contribution in [3.05, 3.63) is 48.5 Å². The molecule has 0 saturated heterocycles. The molecule has 1 aromatic carbocycles. The van der Waals surface area contributed by atoms with Gasteiger partial charge in [-0.25, -0.2) is 4.98 Å². The van der Waals surface area contributed by atoms with E-state index < -0.39 is 6.61 Å². The average molecular weight is 309 g/mol. The first kappa shape index (κ1) is 16.4. The van der Waals surface area contributed by atoms with E-state index >= 15 is 0 Å². The zero-order valence-corrected chi connectivity index (χ0v) is 12.6. The summed E-state index contributed by atoms with van der Waals surface area (Å²) in [7, 11) is 0. The third-order valence-electron chi connectivity index (χ3n) is 3.44. The molecule has 1 atom stereocenters. The number of hydrogen-bond acceptors (Lipinski definition) is 3. The Labute approximate surface area is 129 Å². The highest BCUT2D eigenvalue weighted by molar-refractivity contribution is 5.27. The molecule has 120 valence electrons. The minimum absolute atomic E-state index is 0.199. The Hall–Kier alpha value is -1.95. The highest BCUT2D eigenvalue weighted by Gasteiger charge is 2.05. The maximum atomic E-state index is 12.1. The van der Waals surface area contributed by atoms with Gasteiger partial charge in [-0.15, -0.1) is 0 Å². The van der Waals surface area contributed by atoms with Gasteiger partial charge in [0.25, 0.3) is 0 Å². The molecule has 2 rings (SSSR count). The second kappa shape index (κ2) is 8.48. The molecule has 0 aliphatic heterocycles. The van der Waals surface area contributed by atoms with Crippen LogP contribution in [0.25, 0.3) is 0 Å². The lowest BCUT2D eigenvalue weighted by Gasteiger charge is -2.14. The highest BCUT2D eigenvalue weighted by atomic mass is 19.3. The molecule has 1 N–H and O–H groups in total. The fourth-order valence-corrected chi connectivity index (χ4v) is 2.18. The summed E-state index contributed by atoms with van der Waals surface area (Å²) >= 11 is 0. The average Bonchev–Trinajstić information content (AvgIpc) is 2.99. The van der Waals surface area contributed by atoms with Gasteiger partial charge in [0.05, 0.1) is 6.33 Å². The van der Waals surface area contributed by atoms with Gasteiger partial charge in [0, 0.05) is 31.5 Å². The van der Waals surface area contributed by atoms with Crippen LogP contribution in [0, 0.1) is 0 Å². The quantitative estimate of drug-likeness (QED) is 0.773. The maximum Gasteiger partial charge on any atom is 0.387 e. The zero-order valence-electron chi connectivity index (χ0n) is 12.6. The third-order valence-corrected chi connectivity index (χ3v) is 3.44. The van der Waals surface area contributed by atoms with Gasteiger partial charge < -0.3 is 14.6 Å². The molecule has 0 radical (unpaired) electrons. The molecule has 0 bridgehead atoms. The van der Waals surface area contributed by atoms with Crippen molar-refractivity contribution in [1.82, 2.24) is 14.9 Å². The fourth-order valence-electron chi connectivity index (χ4n) is 2.18. The van der Waals surface area contributed by atoms with Crippen molar-refractivity contribution < 1.29 is 13.5 Å². The molecule has 22 heavy (non-hydrogen) atoms. The monoisotopic (exact) mass is 309 g/mol. The van der Waals surface area contributed by atoms with Gasteiger partial charge in [0.15, 0.2) is 0 Å². The van der Waals surface area contributed by atoms with E-state index in [0.717, 1.165) is 31.5 Å². The van der Waals surface area contributed by atoms with Crippen molar-refractivity contribution in [2.24, 2.45) is 0 Å². The van der Waals surface area contributed by atoms with E-state index in [-0.39, 0.29) is 5.75 Å². The van der Waals surface area contributed by atoms with Crippen molar-refractivity contribution in [2.75, 3.05) is 6.54 Å². The van der Waals surface area contributed by atoms with Crippen LogP contribution in [0.3, 0.4) is 0 Å². The summed E-state index contributed by atoms with van der Waals surface area (Å²) in [6, 6.07) is 7.21. The lowest BCUT2D eigenvalue weighted by Crippen LogP contribution is -2.29. The predicted octanol–water partition coefficient (Wildman–Crippen LogP) is 3.10. The maximum absolute atomic E-state index is 12.1. The zero-order chi connectivity index (χ0) is 15.8. The van der Waals surface area contributed by atoms with Gasteiger partial charge in [-0.3, -0.25) is 0 Å². The molecule has 6 heteroatoms. The van der Waals surface area contributed by atoms with E-state index in [0.29, 0.717) is 6.04 Å². The summed E-state index contributed by atoms with van der Waals surface area (Å²) in [6.45, 7) is 1.15. The number of ether oxygens (including phenoxy) is 1. The first-order valence-corrected chi connectivity index (χ1v) is 7.36. The van der Waals surface area contributed by atoms with Gasteiger partial charge in [0.2, 0.25) is 0 Å². The number of halogens is 2. The lowest BCUT2D eigenvalue weighted by molar-refractivity contribution is -0.0498. The molecule has 0 amide bonds. The van der Waals surface area contributed by atoms with E-state index in [1.165, 1.54) is 0 Å². The molecule has 1 heterocycles. The third kappa shape index (κ3) is 5.81. The number of rotatable bonds is 9. The molecule has 1 aromatic heterocycles. The van der Waals surface area contributed by atoms with Gasteiger partial charge in [-0.1, -0.05) is 12.1 Å². The normalized spacial score (nSPS) is 12.5. The van der Waals surface area contributed by atoms with Crippen LogP contribution < -0.4 is 10.1 Å². The smallest absolute Gasteiger partial charge is 0.387 e. The SMILES string of the molecule is CC(CCc1ccc(OC(F)F)cc1)NCCn1ccnc1. The van der Waals surface area contributed by atoms with Crippen LogP contribution >= 0.6 is 0 Å². The van der Waals surface area contributed by atoms with E-state index in [9.17, 15) is 8.78 Å². The molecular weight excluding hydrogens is 288 g/mol. The second-order valence-electron chi connectivity index (χ2n) is 5.22. The summed E-state index contributed by atoms with van der Waals surface area (Å²) in [5.41, 5.74) is 1.12. The Bertz CT molecular complexity index is 529. The van der Waals surface area contributed by atoms with Crippen LogP contribution in [0.15, 0.2) is 43.0 Å². The van der Waals surface area contributed by atoms with Crippen molar-refractivity contribution >= 4 is 0 Å². The van der Waals surface area contributed by atoms with Crippen molar-refractivity contribution in [1.29, 1.82) is 0 Å². The molecule has 0 fully saturated rings. The summed E-state index contributed by atoms with van der Waals surface area (Å²) in [6.07, 6.45) is 7.39. The number of nitrogens with one attached hydrogen (secondary N) is 1. The molecule has 0 saturated carbocycles. The standard InChI is InChI=1S/C16H21F2N3O/c1-13(20-9-11-21-10-8-19-12-21)2-3-14-4-6-15(7-5-14)22-16(17)18/h4-8,10,12-13,16,20H,2-3,9,11H2,1H3. The summed E-state index contributed by atoms with van der Waals surface area (Å²) in [5, 5.41) is 3.46. The largest absolute Gasteiger partial charge is 0.435 e. The van der Waals surface area contributed by atoms with Crippen LogP contribution in [0.2, 0.25) is 0 Å². The Balaban J connectivity index is 1.66. The van der Waals surface area contributed by atoms with Crippen molar-refractivity contribution in [2.45, 2.75) is 39.0 Å². The van der Waals surface area contributed by atoms with Gasteiger partial charge in [-0.2, -0.15) is 8.78 Å².